The fourth-order valence-electron chi connectivity index (χ4n) is 5.04. The molecule has 0 radical (unpaired) electrons. The quantitative estimate of drug-likeness (QED) is 0.721. The normalized spacial score (nSPS) is 18.5. The minimum absolute atomic E-state index is 0.0988. The number of rotatable bonds is 7. The van der Waals surface area contributed by atoms with Gasteiger partial charge in [-0.1, -0.05) is 55.3 Å². The van der Waals surface area contributed by atoms with Crippen molar-refractivity contribution < 1.29 is 14.0 Å². The summed E-state index contributed by atoms with van der Waals surface area (Å²) < 4.78 is 14.0. The van der Waals surface area contributed by atoms with Crippen molar-refractivity contribution in [1.29, 1.82) is 0 Å². The van der Waals surface area contributed by atoms with Gasteiger partial charge in [0, 0.05) is 32.7 Å². The second-order valence-corrected chi connectivity index (χ2v) is 8.82. The van der Waals surface area contributed by atoms with E-state index >= 15 is 0 Å². The molecule has 0 bridgehead atoms. The van der Waals surface area contributed by atoms with Crippen molar-refractivity contribution in [1.82, 2.24) is 15.1 Å². The topological polar surface area (TPSA) is 52.7 Å². The van der Waals surface area contributed by atoms with Gasteiger partial charge in [-0.05, 0) is 42.9 Å². The Bertz CT molecular complexity index is 906. The molecular weight excluding hydrogens is 405 g/mol. The summed E-state index contributed by atoms with van der Waals surface area (Å²) in [5.74, 6) is -0.295. The minimum atomic E-state index is -0.485. The van der Waals surface area contributed by atoms with Crippen molar-refractivity contribution in [2.24, 2.45) is 5.92 Å². The Morgan fingerprint density at radius 1 is 0.938 bits per heavy atom. The zero-order valence-corrected chi connectivity index (χ0v) is 18.5. The van der Waals surface area contributed by atoms with Gasteiger partial charge in [-0.25, -0.2) is 4.39 Å². The van der Waals surface area contributed by atoms with Gasteiger partial charge in [0.1, 0.15) is 5.82 Å². The van der Waals surface area contributed by atoms with E-state index in [-0.39, 0.29) is 23.4 Å². The van der Waals surface area contributed by atoms with Gasteiger partial charge in [0.25, 0.3) is 5.91 Å². The summed E-state index contributed by atoms with van der Waals surface area (Å²) in [6, 6.07) is 16.1. The average molecular weight is 438 g/mol. The molecule has 0 spiro atoms. The monoisotopic (exact) mass is 437 g/mol. The van der Waals surface area contributed by atoms with E-state index < -0.39 is 5.82 Å². The smallest absolute Gasteiger partial charge is 0.256 e. The highest BCUT2D eigenvalue weighted by atomic mass is 19.1. The highest BCUT2D eigenvalue weighted by Crippen LogP contribution is 2.31. The van der Waals surface area contributed by atoms with Crippen molar-refractivity contribution in [3.63, 3.8) is 0 Å². The number of nitrogens with zero attached hydrogens (tertiary/aromatic N) is 2. The van der Waals surface area contributed by atoms with E-state index in [1.54, 1.807) is 17.0 Å². The van der Waals surface area contributed by atoms with Gasteiger partial charge in [-0.2, -0.15) is 0 Å². The van der Waals surface area contributed by atoms with Crippen LogP contribution in [0.25, 0.3) is 0 Å². The molecule has 2 aromatic carbocycles. The molecule has 1 saturated carbocycles. The van der Waals surface area contributed by atoms with Gasteiger partial charge in [0.2, 0.25) is 5.91 Å². The summed E-state index contributed by atoms with van der Waals surface area (Å²) in [5, 5.41) is 3.16. The molecule has 1 saturated heterocycles. The predicted octanol–water partition coefficient (Wildman–Crippen LogP) is 3.50. The molecule has 1 aliphatic carbocycles. The second kappa shape index (κ2) is 10.7. The lowest BCUT2D eigenvalue weighted by Crippen LogP contribution is -2.58. The molecule has 2 aromatic rings. The molecule has 2 amide bonds. The molecule has 1 heterocycles. The number of carbonyl (C=O) groups is 2. The first kappa shape index (κ1) is 22.5. The zero-order valence-electron chi connectivity index (χ0n) is 18.5. The van der Waals surface area contributed by atoms with Crippen molar-refractivity contribution >= 4 is 11.8 Å². The van der Waals surface area contributed by atoms with Crippen LogP contribution in [-0.4, -0.2) is 60.4 Å². The summed E-state index contributed by atoms with van der Waals surface area (Å²) in [5.41, 5.74) is 1.33. The molecular formula is C26H32FN3O2. The second-order valence-electron chi connectivity index (χ2n) is 8.82. The van der Waals surface area contributed by atoms with E-state index in [2.05, 4.69) is 22.3 Å². The molecule has 2 aliphatic rings. The van der Waals surface area contributed by atoms with Crippen LogP contribution < -0.4 is 5.32 Å². The molecule has 1 atom stereocenters. The van der Waals surface area contributed by atoms with E-state index in [4.69, 9.17) is 0 Å². The Hall–Kier alpha value is -2.73. The Labute approximate surface area is 189 Å². The molecule has 5 nitrogen and oxygen atoms in total. The lowest BCUT2D eigenvalue weighted by Gasteiger charge is -2.40. The number of nitrogens with one attached hydrogen (secondary N) is 1. The lowest BCUT2D eigenvalue weighted by atomic mass is 9.94. The first-order valence-corrected chi connectivity index (χ1v) is 11.7. The van der Waals surface area contributed by atoms with E-state index in [1.165, 1.54) is 30.5 Å². The Morgan fingerprint density at radius 2 is 1.59 bits per heavy atom. The third-order valence-corrected chi connectivity index (χ3v) is 6.77. The van der Waals surface area contributed by atoms with Gasteiger partial charge >= 0.3 is 0 Å². The summed E-state index contributed by atoms with van der Waals surface area (Å²) in [7, 11) is 0. The predicted molar refractivity (Wildman–Crippen MR) is 123 cm³/mol. The van der Waals surface area contributed by atoms with E-state index in [0.717, 1.165) is 19.3 Å². The number of piperazine rings is 1. The number of halogens is 1. The summed E-state index contributed by atoms with van der Waals surface area (Å²) in [6.07, 6.45) is 5.31. The molecule has 170 valence electrons. The van der Waals surface area contributed by atoms with Crippen molar-refractivity contribution in [2.75, 3.05) is 32.7 Å². The van der Waals surface area contributed by atoms with E-state index in [0.29, 0.717) is 38.6 Å². The van der Waals surface area contributed by atoms with Crippen LogP contribution in [0, 0.1) is 11.7 Å². The van der Waals surface area contributed by atoms with Crippen LogP contribution in [0.2, 0.25) is 0 Å². The molecule has 0 aromatic heterocycles. The third kappa shape index (κ3) is 5.36. The standard InChI is InChI=1S/C26H32FN3O2/c27-23-13-7-6-12-22(23)26(32)30-18-16-29(17-19-30)24(21-10-4-5-11-21)25(31)28-15-14-20-8-2-1-3-9-20/h1-3,6-9,12-13,21,24H,4-5,10-11,14-19H2,(H,28,31)/t24-/m1/s1. The highest BCUT2D eigenvalue weighted by Gasteiger charge is 2.37. The average Bonchev–Trinajstić information content (AvgIpc) is 3.35. The lowest BCUT2D eigenvalue weighted by molar-refractivity contribution is -0.129. The highest BCUT2D eigenvalue weighted by molar-refractivity contribution is 5.94. The molecule has 1 aliphatic heterocycles. The maximum absolute atomic E-state index is 14.0. The summed E-state index contributed by atoms with van der Waals surface area (Å²) >= 11 is 0. The molecule has 6 heteroatoms. The maximum atomic E-state index is 14.0. The van der Waals surface area contributed by atoms with Gasteiger partial charge in [-0.15, -0.1) is 0 Å². The van der Waals surface area contributed by atoms with Crippen LogP contribution in [-0.2, 0) is 11.2 Å². The fraction of sp³-hybridized carbons (Fsp3) is 0.462. The Morgan fingerprint density at radius 3 is 2.28 bits per heavy atom. The minimum Gasteiger partial charge on any atom is -0.354 e. The maximum Gasteiger partial charge on any atom is 0.256 e. The number of hydrogen-bond acceptors (Lipinski definition) is 3. The summed E-state index contributed by atoms with van der Waals surface area (Å²) in [4.78, 5) is 29.9. The van der Waals surface area contributed by atoms with Gasteiger partial charge in [0.05, 0.1) is 11.6 Å². The van der Waals surface area contributed by atoms with Gasteiger partial charge in [0.15, 0.2) is 0 Å². The molecule has 32 heavy (non-hydrogen) atoms. The van der Waals surface area contributed by atoms with Gasteiger partial charge < -0.3 is 10.2 Å². The van der Waals surface area contributed by atoms with Crippen molar-refractivity contribution in [2.45, 2.75) is 38.1 Å². The summed E-state index contributed by atoms with van der Waals surface area (Å²) in [6.45, 7) is 2.90. The Kier molecular flexibility index (Phi) is 7.53. The SMILES string of the molecule is O=C(NCCc1ccccc1)[C@@H](C1CCCC1)N1CCN(C(=O)c2ccccc2F)CC1. The Balaban J connectivity index is 1.35. The van der Waals surface area contributed by atoms with Crippen LogP contribution in [0.3, 0.4) is 0 Å². The number of benzene rings is 2. The van der Waals surface area contributed by atoms with E-state index in [1.807, 2.05) is 18.2 Å². The first-order chi connectivity index (χ1) is 15.6. The fourth-order valence-corrected chi connectivity index (χ4v) is 5.04. The zero-order chi connectivity index (χ0) is 22.3. The first-order valence-electron chi connectivity index (χ1n) is 11.7. The van der Waals surface area contributed by atoms with Gasteiger partial charge in [-0.3, -0.25) is 14.5 Å². The van der Waals surface area contributed by atoms with Crippen LogP contribution >= 0.6 is 0 Å². The van der Waals surface area contributed by atoms with Crippen LogP contribution in [0.5, 0.6) is 0 Å². The molecule has 4 rings (SSSR count). The van der Waals surface area contributed by atoms with E-state index in [9.17, 15) is 14.0 Å². The number of amides is 2. The van der Waals surface area contributed by atoms with Crippen molar-refractivity contribution in [3.8, 4) is 0 Å². The molecule has 0 unspecified atom stereocenters. The van der Waals surface area contributed by atoms with Crippen LogP contribution in [0.4, 0.5) is 4.39 Å². The van der Waals surface area contributed by atoms with Crippen molar-refractivity contribution in [3.05, 3.63) is 71.5 Å². The molecule has 1 N–H and O–H groups in total. The number of carbonyl (C=O) groups excluding carboxylic acids is 2. The van der Waals surface area contributed by atoms with Crippen LogP contribution in [0.1, 0.15) is 41.6 Å². The largest absolute Gasteiger partial charge is 0.354 e. The molecule has 2 fully saturated rings. The number of hydrogen-bond donors (Lipinski definition) is 1. The van der Waals surface area contributed by atoms with Crippen LogP contribution in [0.15, 0.2) is 54.6 Å². The third-order valence-electron chi connectivity index (χ3n) is 6.77.